The highest BCUT2D eigenvalue weighted by Crippen LogP contribution is 2.20. The summed E-state index contributed by atoms with van der Waals surface area (Å²) in [6.07, 6.45) is 0. The molecule has 0 aliphatic carbocycles. The Bertz CT molecular complexity index is 463. The molecule has 0 bridgehead atoms. The van der Waals surface area contributed by atoms with Crippen molar-refractivity contribution in [3.05, 3.63) is 28.8 Å². The monoisotopic (exact) mass is 270 g/mol. The van der Waals surface area contributed by atoms with Gasteiger partial charge in [-0.25, -0.2) is 0 Å². The first-order chi connectivity index (χ1) is 8.45. The molecular weight excluding hydrogens is 256 g/mol. The summed E-state index contributed by atoms with van der Waals surface area (Å²) in [5.41, 5.74) is 0.142. The maximum atomic E-state index is 11.8. The molecule has 1 rings (SSSR count). The number of amides is 2. The Morgan fingerprint density at radius 3 is 2.72 bits per heavy atom. The molecule has 0 saturated heterocycles. The third-order valence-corrected chi connectivity index (χ3v) is 2.82. The van der Waals surface area contributed by atoms with Crippen LogP contribution in [0.3, 0.4) is 0 Å². The summed E-state index contributed by atoms with van der Waals surface area (Å²) in [5, 5.41) is 12.0. The Kier molecular flexibility index (Phi) is 4.97. The second-order valence-corrected chi connectivity index (χ2v) is 4.16. The number of carbonyl (C=O) groups excluding carboxylic acids is 2. The van der Waals surface area contributed by atoms with Gasteiger partial charge in [-0.15, -0.1) is 0 Å². The van der Waals surface area contributed by atoms with Gasteiger partial charge in [0.15, 0.2) is 0 Å². The van der Waals surface area contributed by atoms with Crippen molar-refractivity contribution in [2.24, 2.45) is 0 Å². The van der Waals surface area contributed by atoms with Crippen molar-refractivity contribution >= 4 is 23.4 Å². The van der Waals surface area contributed by atoms with E-state index in [1.807, 2.05) is 6.92 Å². The van der Waals surface area contributed by atoms with Gasteiger partial charge in [0.05, 0.1) is 17.1 Å². The number of likely N-dealkylation sites (N-methyl/N-ethyl adjacent to an activating group) is 1. The second kappa shape index (κ2) is 6.26. The highest BCUT2D eigenvalue weighted by atomic mass is 35.5. The van der Waals surface area contributed by atoms with Gasteiger partial charge in [0.2, 0.25) is 5.91 Å². The summed E-state index contributed by atoms with van der Waals surface area (Å²) in [6.45, 7) is 2.31. The van der Waals surface area contributed by atoms with Crippen molar-refractivity contribution in [2.45, 2.75) is 6.92 Å². The molecule has 6 heteroatoms. The normalized spacial score (nSPS) is 9.94. The van der Waals surface area contributed by atoms with Crippen LogP contribution in [-0.2, 0) is 4.79 Å². The summed E-state index contributed by atoms with van der Waals surface area (Å²) < 4.78 is 0. The predicted octanol–water partition coefficient (Wildman–Crippen LogP) is 1.25. The molecule has 1 aromatic rings. The number of nitrogens with one attached hydrogen (secondary N) is 1. The number of aromatic hydroxyl groups is 1. The summed E-state index contributed by atoms with van der Waals surface area (Å²) in [5.74, 6) is -0.738. The smallest absolute Gasteiger partial charge is 0.253 e. The molecule has 0 atom stereocenters. The molecule has 0 aliphatic heterocycles. The van der Waals surface area contributed by atoms with Crippen molar-refractivity contribution in [1.29, 1.82) is 0 Å². The van der Waals surface area contributed by atoms with Crippen LogP contribution in [0.15, 0.2) is 18.2 Å². The van der Waals surface area contributed by atoms with Crippen LogP contribution in [0.4, 0.5) is 0 Å². The van der Waals surface area contributed by atoms with Crippen LogP contribution in [0.5, 0.6) is 5.75 Å². The minimum Gasteiger partial charge on any atom is -0.508 e. The van der Waals surface area contributed by atoms with E-state index in [1.165, 1.54) is 23.1 Å². The van der Waals surface area contributed by atoms with E-state index in [1.54, 1.807) is 7.05 Å². The highest BCUT2D eigenvalue weighted by Gasteiger charge is 2.13. The molecule has 0 spiro atoms. The first kappa shape index (κ1) is 14.3. The van der Waals surface area contributed by atoms with Crippen LogP contribution in [0.2, 0.25) is 5.02 Å². The molecule has 5 nitrogen and oxygen atoms in total. The lowest BCUT2D eigenvalue weighted by Gasteiger charge is -2.14. The molecule has 0 aliphatic rings. The number of halogens is 1. The quantitative estimate of drug-likeness (QED) is 0.865. The van der Waals surface area contributed by atoms with Gasteiger partial charge in [-0.3, -0.25) is 9.59 Å². The van der Waals surface area contributed by atoms with Gasteiger partial charge in [0.1, 0.15) is 5.75 Å². The van der Waals surface area contributed by atoms with Crippen molar-refractivity contribution in [1.82, 2.24) is 10.2 Å². The van der Waals surface area contributed by atoms with Crippen LogP contribution in [0.25, 0.3) is 0 Å². The largest absolute Gasteiger partial charge is 0.508 e. The van der Waals surface area contributed by atoms with E-state index in [0.29, 0.717) is 6.54 Å². The number of phenolic OH excluding ortho intramolecular Hbond substituents is 1. The third-order valence-electron chi connectivity index (χ3n) is 2.49. The number of rotatable bonds is 4. The predicted molar refractivity (Wildman–Crippen MR) is 68.8 cm³/mol. The number of benzene rings is 1. The van der Waals surface area contributed by atoms with Gasteiger partial charge >= 0.3 is 0 Å². The topological polar surface area (TPSA) is 69.6 Å². The lowest BCUT2D eigenvalue weighted by molar-refractivity contribution is -0.128. The Morgan fingerprint density at radius 1 is 1.44 bits per heavy atom. The number of phenols is 1. The molecule has 2 N–H and O–H groups in total. The van der Waals surface area contributed by atoms with Crippen LogP contribution in [-0.4, -0.2) is 42.0 Å². The zero-order valence-corrected chi connectivity index (χ0v) is 11.0. The summed E-state index contributed by atoms with van der Waals surface area (Å²) in [6, 6.07) is 4.06. The molecule has 1 aromatic carbocycles. The minimum absolute atomic E-state index is 0.0541. The first-order valence-corrected chi connectivity index (χ1v) is 5.84. The fourth-order valence-electron chi connectivity index (χ4n) is 1.25. The van der Waals surface area contributed by atoms with Gasteiger partial charge in [0.25, 0.3) is 5.91 Å². The lowest BCUT2D eigenvalue weighted by atomic mass is 10.2. The fourth-order valence-corrected chi connectivity index (χ4v) is 1.45. The Morgan fingerprint density at radius 2 is 2.11 bits per heavy atom. The molecule has 0 aromatic heterocycles. The van der Waals surface area contributed by atoms with Crippen LogP contribution in [0.1, 0.15) is 17.3 Å². The molecule has 18 heavy (non-hydrogen) atoms. The van der Waals surface area contributed by atoms with E-state index in [9.17, 15) is 14.7 Å². The standard InChI is InChI=1S/C12H15ClN2O3/c1-3-15(2)11(17)7-14-12(18)9-6-8(16)4-5-10(9)13/h4-6,16H,3,7H2,1-2H3,(H,14,18). The van der Waals surface area contributed by atoms with Crippen LogP contribution < -0.4 is 5.32 Å². The molecular formula is C12H15ClN2O3. The molecule has 0 radical (unpaired) electrons. The van der Waals surface area contributed by atoms with Gasteiger partial charge in [-0.2, -0.15) is 0 Å². The van der Waals surface area contributed by atoms with Crippen LogP contribution in [0, 0.1) is 0 Å². The molecule has 0 heterocycles. The van der Waals surface area contributed by atoms with E-state index in [2.05, 4.69) is 5.32 Å². The SMILES string of the molecule is CCN(C)C(=O)CNC(=O)c1cc(O)ccc1Cl. The van der Waals surface area contributed by atoms with Crippen molar-refractivity contribution < 1.29 is 14.7 Å². The van der Waals surface area contributed by atoms with E-state index in [0.717, 1.165) is 0 Å². The van der Waals surface area contributed by atoms with E-state index >= 15 is 0 Å². The highest BCUT2D eigenvalue weighted by molar-refractivity contribution is 6.33. The van der Waals surface area contributed by atoms with Gasteiger partial charge in [-0.1, -0.05) is 11.6 Å². The third kappa shape index (κ3) is 3.63. The zero-order chi connectivity index (χ0) is 13.7. The van der Waals surface area contributed by atoms with Gasteiger partial charge in [-0.05, 0) is 25.1 Å². The van der Waals surface area contributed by atoms with E-state index in [4.69, 9.17) is 11.6 Å². The average molecular weight is 271 g/mol. The number of hydrogen-bond acceptors (Lipinski definition) is 3. The second-order valence-electron chi connectivity index (χ2n) is 3.75. The summed E-state index contributed by atoms with van der Waals surface area (Å²) in [4.78, 5) is 24.7. The summed E-state index contributed by atoms with van der Waals surface area (Å²) >= 11 is 5.83. The first-order valence-electron chi connectivity index (χ1n) is 5.46. The number of nitrogens with zero attached hydrogens (tertiary/aromatic N) is 1. The molecule has 2 amide bonds. The van der Waals surface area contributed by atoms with E-state index in [-0.39, 0.29) is 28.8 Å². The lowest BCUT2D eigenvalue weighted by Crippen LogP contribution is -2.38. The Hall–Kier alpha value is -1.75. The van der Waals surface area contributed by atoms with Gasteiger partial charge in [0, 0.05) is 13.6 Å². The minimum atomic E-state index is -0.492. The summed E-state index contributed by atoms with van der Waals surface area (Å²) in [7, 11) is 1.65. The maximum Gasteiger partial charge on any atom is 0.253 e. The molecule has 98 valence electrons. The Balaban J connectivity index is 2.66. The zero-order valence-electron chi connectivity index (χ0n) is 10.2. The molecule has 0 saturated carbocycles. The number of hydrogen-bond donors (Lipinski definition) is 2. The fraction of sp³-hybridized carbons (Fsp3) is 0.333. The van der Waals surface area contributed by atoms with Crippen molar-refractivity contribution in [2.75, 3.05) is 20.1 Å². The Labute approximate surface area is 110 Å². The van der Waals surface area contributed by atoms with Crippen molar-refractivity contribution in [3.63, 3.8) is 0 Å². The van der Waals surface area contributed by atoms with Crippen LogP contribution >= 0.6 is 11.6 Å². The van der Waals surface area contributed by atoms with E-state index < -0.39 is 5.91 Å². The number of carbonyl (C=O) groups is 2. The van der Waals surface area contributed by atoms with Crippen molar-refractivity contribution in [3.8, 4) is 5.75 Å². The molecule has 0 unspecified atom stereocenters. The maximum absolute atomic E-state index is 11.8. The van der Waals surface area contributed by atoms with Gasteiger partial charge < -0.3 is 15.3 Å². The molecule has 0 fully saturated rings. The average Bonchev–Trinajstić information content (AvgIpc) is 2.37.